The molecule has 7 heteroatoms. The topological polar surface area (TPSA) is 96.0 Å². The van der Waals surface area contributed by atoms with E-state index < -0.39 is 10.0 Å². The van der Waals surface area contributed by atoms with Gasteiger partial charge in [0.25, 0.3) is 10.0 Å². The summed E-state index contributed by atoms with van der Waals surface area (Å²) in [6.45, 7) is 1.69. The van der Waals surface area contributed by atoms with Crippen LogP contribution in [0.5, 0.6) is 0 Å². The highest BCUT2D eigenvalue weighted by Gasteiger charge is 2.15. The van der Waals surface area contributed by atoms with E-state index in [1.165, 1.54) is 18.2 Å². The highest BCUT2D eigenvalue weighted by atomic mass is 79.9. The molecule has 0 radical (unpaired) electrons. The molecule has 0 aliphatic heterocycles. The van der Waals surface area contributed by atoms with Gasteiger partial charge in [0.15, 0.2) is 0 Å². The summed E-state index contributed by atoms with van der Waals surface area (Å²) >= 11 is 3.24. The van der Waals surface area contributed by atoms with Gasteiger partial charge in [-0.15, -0.1) is 0 Å². The minimum atomic E-state index is -3.71. The van der Waals surface area contributed by atoms with Gasteiger partial charge in [0.1, 0.15) is 0 Å². The normalized spacial score (nSPS) is 10.9. The Bertz CT molecular complexity index is 842. The van der Waals surface area contributed by atoms with Crippen LogP contribution in [0.15, 0.2) is 45.8 Å². The van der Waals surface area contributed by atoms with E-state index in [-0.39, 0.29) is 4.90 Å². The van der Waals surface area contributed by atoms with Crippen molar-refractivity contribution in [2.24, 2.45) is 0 Å². The second kappa shape index (κ2) is 5.76. The average molecular weight is 366 g/mol. The molecule has 0 unspecified atom stereocenters. The fourth-order valence-electron chi connectivity index (χ4n) is 1.73. The van der Waals surface area contributed by atoms with Crippen LogP contribution < -0.4 is 10.5 Å². The summed E-state index contributed by atoms with van der Waals surface area (Å²) in [4.78, 5) is 0.104. The third-order valence-electron chi connectivity index (χ3n) is 2.88. The van der Waals surface area contributed by atoms with Crippen molar-refractivity contribution in [3.63, 3.8) is 0 Å². The van der Waals surface area contributed by atoms with E-state index in [0.29, 0.717) is 27.0 Å². The number of sulfonamides is 1. The molecule has 2 rings (SSSR count). The number of nitrogens with zero attached hydrogens (tertiary/aromatic N) is 1. The Kier molecular flexibility index (Phi) is 4.21. The number of anilines is 2. The highest BCUT2D eigenvalue weighted by molar-refractivity contribution is 9.10. The van der Waals surface area contributed by atoms with Gasteiger partial charge in [-0.3, -0.25) is 4.72 Å². The third-order valence-corrected chi connectivity index (χ3v) is 4.95. The van der Waals surface area contributed by atoms with Crippen molar-refractivity contribution < 1.29 is 8.42 Å². The fourth-order valence-corrected chi connectivity index (χ4v) is 3.25. The highest BCUT2D eigenvalue weighted by Crippen LogP contribution is 2.25. The molecule has 2 aromatic rings. The molecule has 0 heterocycles. The second-order valence-corrected chi connectivity index (χ2v) is 6.97. The molecule has 5 nitrogen and oxygen atoms in total. The van der Waals surface area contributed by atoms with E-state index in [4.69, 9.17) is 11.0 Å². The maximum Gasteiger partial charge on any atom is 0.261 e. The lowest BCUT2D eigenvalue weighted by molar-refractivity contribution is 0.601. The van der Waals surface area contributed by atoms with Crippen LogP contribution in [-0.4, -0.2) is 8.42 Å². The molecular formula is C14H12BrN3O2S. The van der Waals surface area contributed by atoms with Crippen LogP contribution in [-0.2, 0) is 10.0 Å². The van der Waals surface area contributed by atoms with Crippen molar-refractivity contribution in [3.05, 3.63) is 52.0 Å². The zero-order valence-electron chi connectivity index (χ0n) is 11.1. The van der Waals surface area contributed by atoms with E-state index in [1.807, 2.05) is 6.07 Å². The smallest absolute Gasteiger partial charge is 0.261 e. The van der Waals surface area contributed by atoms with Crippen LogP contribution in [0, 0.1) is 18.3 Å². The summed E-state index contributed by atoms with van der Waals surface area (Å²) in [5, 5.41) is 8.87. The number of hydrogen-bond acceptors (Lipinski definition) is 4. The molecule has 0 bridgehead atoms. The maximum atomic E-state index is 12.3. The Morgan fingerprint density at radius 3 is 2.52 bits per heavy atom. The lowest BCUT2D eigenvalue weighted by Gasteiger charge is -2.10. The van der Waals surface area contributed by atoms with Gasteiger partial charge < -0.3 is 5.73 Å². The van der Waals surface area contributed by atoms with Crippen LogP contribution in [0.2, 0.25) is 0 Å². The number of nitriles is 1. The van der Waals surface area contributed by atoms with Crippen molar-refractivity contribution in [1.82, 2.24) is 0 Å². The summed E-state index contributed by atoms with van der Waals surface area (Å²) in [7, 11) is -3.71. The minimum Gasteiger partial charge on any atom is -0.398 e. The summed E-state index contributed by atoms with van der Waals surface area (Å²) in [6.07, 6.45) is 0. The summed E-state index contributed by atoms with van der Waals surface area (Å²) in [6, 6.07) is 11.1. The van der Waals surface area contributed by atoms with Crippen LogP contribution in [0.1, 0.15) is 11.1 Å². The molecule has 0 amide bonds. The Hall–Kier alpha value is -2.04. The van der Waals surface area contributed by atoms with Gasteiger partial charge in [-0.1, -0.05) is 0 Å². The van der Waals surface area contributed by atoms with Gasteiger partial charge in [-0.25, -0.2) is 8.42 Å². The Labute approximate surface area is 131 Å². The SMILES string of the molecule is Cc1cc(S(=O)(=O)Nc2ccc(N)c(Br)c2)ccc1C#N. The van der Waals surface area contributed by atoms with E-state index in [9.17, 15) is 8.42 Å². The Morgan fingerprint density at radius 1 is 1.24 bits per heavy atom. The lowest BCUT2D eigenvalue weighted by Crippen LogP contribution is -2.13. The molecule has 2 aromatic carbocycles. The molecular weight excluding hydrogens is 354 g/mol. The minimum absolute atomic E-state index is 0.104. The Balaban J connectivity index is 2.36. The van der Waals surface area contributed by atoms with Crippen LogP contribution >= 0.6 is 15.9 Å². The van der Waals surface area contributed by atoms with Crippen molar-refractivity contribution in [2.75, 3.05) is 10.5 Å². The number of halogens is 1. The molecule has 0 aliphatic carbocycles. The van der Waals surface area contributed by atoms with Crippen molar-refractivity contribution in [3.8, 4) is 6.07 Å². The van der Waals surface area contributed by atoms with E-state index in [0.717, 1.165) is 0 Å². The van der Waals surface area contributed by atoms with Crippen LogP contribution in [0.25, 0.3) is 0 Å². The van der Waals surface area contributed by atoms with Crippen molar-refractivity contribution in [1.29, 1.82) is 5.26 Å². The fraction of sp³-hybridized carbons (Fsp3) is 0.0714. The standard InChI is InChI=1S/C14H12BrN3O2S/c1-9-6-12(4-2-10(9)8-16)21(19,20)18-11-3-5-14(17)13(15)7-11/h2-7,18H,17H2,1H3. The molecule has 0 fully saturated rings. The van der Waals surface area contributed by atoms with E-state index >= 15 is 0 Å². The molecule has 0 spiro atoms. The largest absolute Gasteiger partial charge is 0.398 e. The monoisotopic (exact) mass is 365 g/mol. The number of nitrogen functional groups attached to an aromatic ring is 1. The number of aryl methyl sites for hydroxylation is 1. The average Bonchev–Trinajstić information content (AvgIpc) is 2.42. The third kappa shape index (κ3) is 3.35. The predicted octanol–water partition coefficient (Wildman–Crippen LogP) is 3.01. The van der Waals surface area contributed by atoms with Crippen molar-refractivity contribution in [2.45, 2.75) is 11.8 Å². The second-order valence-electron chi connectivity index (χ2n) is 4.43. The molecule has 0 atom stereocenters. The van der Waals surface area contributed by atoms with Gasteiger partial charge in [-0.2, -0.15) is 5.26 Å². The van der Waals surface area contributed by atoms with E-state index in [2.05, 4.69) is 20.7 Å². The lowest BCUT2D eigenvalue weighted by atomic mass is 10.1. The molecule has 108 valence electrons. The first-order chi connectivity index (χ1) is 9.83. The maximum absolute atomic E-state index is 12.3. The molecule has 0 aromatic heterocycles. The summed E-state index contributed by atoms with van der Waals surface area (Å²) in [5.41, 5.74) is 7.64. The van der Waals surface area contributed by atoms with Gasteiger partial charge in [-0.05, 0) is 64.8 Å². The summed E-state index contributed by atoms with van der Waals surface area (Å²) < 4.78 is 27.7. The van der Waals surface area contributed by atoms with Crippen molar-refractivity contribution >= 4 is 37.3 Å². The van der Waals surface area contributed by atoms with Gasteiger partial charge in [0.05, 0.1) is 22.2 Å². The quantitative estimate of drug-likeness (QED) is 0.817. The number of nitrogens with two attached hydrogens (primary N) is 1. The first kappa shape index (κ1) is 15.4. The summed E-state index contributed by atoms with van der Waals surface area (Å²) in [5.74, 6) is 0. The number of rotatable bonds is 3. The van der Waals surface area contributed by atoms with Gasteiger partial charge in [0.2, 0.25) is 0 Å². The molecule has 0 saturated heterocycles. The first-order valence-corrected chi connectivity index (χ1v) is 8.20. The molecule has 3 N–H and O–H groups in total. The van der Waals surface area contributed by atoms with E-state index in [1.54, 1.807) is 25.1 Å². The number of benzene rings is 2. The van der Waals surface area contributed by atoms with Crippen LogP contribution in [0.3, 0.4) is 0 Å². The zero-order chi connectivity index (χ0) is 15.6. The number of nitrogens with one attached hydrogen (secondary N) is 1. The first-order valence-electron chi connectivity index (χ1n) is 5.92. The van der Waals surface area contributed by atoms with Crippen LogP contribution in [0.4, 0.5) is 11.4 Å². The van der Waals surface area contributed by atoms with Gasteiger partial charge in [0, 0.05) is 10.2 Å². The molecule has 0 saturated carbocycles. The zero-order valence-corrected chi connectivity index (χ0v) is 13.5. The molecule has 21 heavy (non-hydrogen) atoms. The molecule has 0 aliphatic rings. The predicted molar refractivity (Wildman–Crippen MR) is 85.3 cm³/mol. The Morgan fingerprint density at radius 2 is 1.95 bits per heavy atom. The van der Waals surface area contributed by atoms with Gasteiger partial charge >= 0.3 is 0 Å². The number of hydrogen-bond donors (Lipinski definition) is 2.